The lowest BCUT2D eigenvalue weighted by Crippen LogP contribution is -2.47. The average molecular weight is 284 g/mol. The van der Waals surface area contributed by atoms with Crippen molar-refractivity contribution in [3.8, 4) is 0 Å². The van der Waals surface area contributed by atoms with E-state index < -0.39 is 24.0 Å². The van der Waals surface area contributed by atoms with E-state index in [9.17, 15) is 14.4 Å². The van der Waals surface area contributed by atoms with Crippen LogP contribution in [-0.2, 0) is 14.4 Å². The van der Waals surface area contributed by atoms with E-state index in [1.807, 2.05) is 0 Å². The van der Waals surface area contributed by atoms with Crippen molar-refractivity contribution in [2.45, 2.75) is 24.9 Å². The number of rotatable bonds is 4. The maximum atomic E-state index is 11.5. The highest BCUT2D eigenvalue weighted by atomic mass is 32.1. The number of carbonyl (C=O) groups excluding carboxylic acids is 2. The Balaban J connectivity index is 2.02. The Morgan fingerprint density at radius 2 is 2.37 bits per heavy atom. The van der Waals surface area contributed by atoms with Gasteiger partial charge in [-0.1, -0.05) is 0 Å². The summed E-state index contributed by atoms with van der Waals surface area (Å²) in [5, 5.41) is 15.8. The predicted molar refractivity (Wildman–Crippen MR) is 66.5 cm³/mol. The maximum Gasteiger partial charge on any atom is 0.326 e. The summed E-state index contributed by atoms with van der Waals surface area (Å²) in [6, 6.07) is -1.73. The fourth-order valence-corrected chi connectivity index (χ4v) is 2.40. The Bertz CT molecular complexity index is 529. The van der Waals surface area contributed by atoms with Gasteiger partial charge in [-0.05, 0) is 6.42 Å². The van der Waals surface area contributed by atoms with Crippen LogP contribution in [0, 0.1) is 0 Å². The summed E-state index contributed by atoms with van der Waals surface area (Å²) in [6.07, 6.45) is 0.640. The second-order valence-electron chi connectivity index (χ2n) is 4.04. The number of nitrogens with one attached hydrogen (secondary N) is 2. The van der Waals surface area contributed by atoms with Crippen LogP contribution < -0.4 is 16.4 Å². The van der Waals surface area contributed by atoms with Gasteiger partial charge in [0.1, 0.15) is 12.1 Å². The van der Waals surface area contributed by atoms with Crippen LogP contribution in [0.5, 0.6) is 0 Å². The maximum absolute atomic E-state index is 11.5. The Morgan fingerprint density at radius 1 is 1.63 bits per heavy atom. The zero-order valence-electron chi connectivity index (χ0n) is 9.75. The first-order valence-corrected chi connectivity index (χ1v) is 6.39. The molecule has 2 amide bonds. The first-order chi connectivity index (χ1) is 8.97. The van der Waals surface area contributed by atoms with E-state index in [1.165, 1.54) is 5.38 Å². The molecule has 2 atom stereocenters. The Labute approximate surface area is 112 Å². The van der Waals surface area contributed by atoms with Crippen LogP contribution in [0.4, 0.5) is 5.13 Å². The molecule has 1 aromatic heterocycles. The standard InChI is InChI=1S/C10H12N4O4S/c11-7(9(17)18)5-3-19-10(13-5)12-4-1-2-6(15)14-8(4)16/h3-4,7H,1-2,11H2,(H,12,13)(H,17,18)(H,14,15,16). The summed E-state index contributed by atoms with van der Waals surface area (Å²) >= 11 is 1.16. The van der Waals surface area contributed by atoms with Crippen molar-refractivity contribution in [3.63, 3.8) is 0 Å². The lowest BCUT2D eigenvalue weighted by atomic mass is 10.1. The van der Waals surface area contributed by atoms with Crippen LogP contribution in [0.25, 0.3) is 0 Å². The lowest BCUT2D eigenvalue weighted by Gasteiger charge is -2.21. The molecule has 5 N–H and O–H groups in total. The van der Waals surface area contributed by atoms with Gasteiger partial charge in [0.2, 0.25) is 11.8 Å². The zero-order valence-corrected chi connectivity index (χ0v) is 10.6. The minimum atomic E-state index is -1.19. The molecule has 1 aromatic rings. The minimum Gasteiger partial charge on any atom is -0.480 e. The SMILES string of the molecule is NC(C(=O)O)c1csc(NC2CCC(=O)NC2=O)n1. The van der Waals surface area contributed by atoms with Crippen molar-refractivity contribution >= 4 is 34.3 Å². The molecule has 0 aromatic carbocycles. The second kappa shape index (κ2) is 5.33. The summed E-state index contributed by atoms with van der Waals surface area (Å²) in [6.45, 7) is 0. The molecule has 19 heavy (non-hydrogen) atoms. The van der Waals surface area contributed by atoms with Gasteiger partial charge in [0.05, 0.1) is 5.69 Å². The quantitative estimate of drug-likeness (QED) is 0.544. The first-order valence-electron chi connectivity index (χ1n) is 5.51. The highest BCUT2D eigenvalue weighted by Crippen LogP contribution is 2.21. The molecule has 1 aliphatic rings. The van der Waals surface area contributed by atoms with Gasteiger partial charge in [0.25, 0.3) is 0 Å². The summed E-state index contributed by atoms with van der Waals surface area (Å²) in [4.78, 5) is 37.2. The van der Waals surface area contributed by atoms with Crippen molar-refractivity contribution in [3.05, 3.63) is 11.1 Å². The number of nitrogens with two attached hydrogens (primary N) is 1. The molecular weight excluding hydrogens is 272 g/mol. The Kier molecular flexibility index (Phi) is 3.76. The summed E-state index contributed by atoms with van der Waals surface area (Å²) in [5.41, 5.74) is 5.65. The Hall–Kier alpha value is -2.00. The number of hydrogen-bond donors (Lipinski definition) is 4. The normalized spacial score (nSPS) is 20.8. The van der Waals surface area contributed by atoms with E-state index in [1.54, 1.807) is 0 Å². The number of nitrogens with zero attached hydrogens (tertiary/aromatic N) is 1. The molecule has 102 valence electrons. The minimum absolute atomic E-state index is 0.229. The lowest BCUT2D eigenvalue weighted by molar-refractivity contribution is -0.139. The first kappa shape index (κ1) is 13.4. The highest BCUT2D eigenvalue weighted by molar-refractivity contribution is 7.13. The molecule has 1 saturated heterocycles. The molecule has 0 bridgehead atoms. The smallest absolute Gasteiger partial charge is 0.326 e. The van der Waals surface area contributed by atoms with Crippen LogP contribution in [0.15, 0.2) is 5.38 Å². The van der Waals surface area contributed by atoms with Crippen molar-refractivity contribution in [2.24, 2.45) is 5.73 Å². The largest absolute Gasteiger partial charge is 0.480 e. The second-order valence-corrected chi connectivity index (χ2v) is 4.90. The average Bonchev–Trinajstić information content (AvgIpc) is 2.80. The zero-order chi connectivity index (χ0) is 14.0. The number of aromatic nitrogens is 1. The number of piperidine rings is 1. The number of carboxylic acids is 1. The van der Waals surface area contributed by atoms with E-state index in [0.29, 0.717) is 11.6 Å². The van der Waals surface area contributed by atoms with Crippen LogP contribution in [0.3, 0.4) is 0 Å². The predicted octanol–water partition coefficient (Wildman–Crippen LogP) is -0.555. The third kappa shape index (κ3) is 3.06. The monoisotopic (exact) mass is 284 g/mol. The van der Waals surface area contributed by atoms with Crippen LogP contribution in [0.2, 0.25) is 0 Å². The third-order valence-corrected chi connectivity index (χ3v) is 3.44. The van der Waals surface area contributed by atoms with Gasteiger partial charge in [-0.15, -0.1) is 11.3 Å². The molecule has 0 saturated carbocycles. The summed E-state index contributed by atoms with van der Waals surface area (Å²) in [5.74, 6) is -1.87. The third-order valence-electron chi connectivity index (χ3n) is 2.64. The number of carbonyl (C=O) groups is 3. The van der Waals surface area contributed by atoms with Crippen LogP contribution in [-0.4, -0.2) is 33.9 Å². The van der Waals surface area contributed by atoms with Gasteiger partial charge in [-0.2, -0.15) is 0 Å². The van der Waals surface area contributed by atoms with Gasteiger partial charge in [0, 0.05) is 11.8 Å². The number of thiazole rings is 1. The molecule has 2 heterocycles. The van der Waals surface area contributed by atoms with Crippen molar-refractivity contribution in [1.29, 1.82) is 0 Å². The summed E-state index contributed by atoms with van der Waals surface area (Å²) in [7, 11) is 0. The number of carboxylic acid groups (broad SMARTS) is 1. The van der Waals surface area contributed by atoms with Crippen molar-refractivity contribution in [2.75, 3.05) is 5.32 Å². The molecule has 0 aliphatic carbocycles. The fraction of sp³-hybridized carbons (Fsp3) is 0.400. The molecule has 0 spiro atoms. The molecule has 2 rings (SSSR count). The molecule has 1 fully saturated rings. The molecule has 8 nitrogen and oxygen atoms in total. The van der Waals surface area contributed by atoms with E-state index in [4.69, 9.17) is 10.8 Å². The number of amides is 2. The molecule has 1 aliphatic heterocycles. The van der Waals surface area contributed by atoms with Gasteiger partial charge < -0.3 is 16.2 Å². The number of anilines is 1. The van der Waals surface area contributed by atoms with Crippen molar-refractivity contribution < 1.29 is 19.5 Å². The van der Waals surface area contributed by atoms with Gasteiger partial charge in [0.15, 0.2) is 5.13 Å². The topological polar surface area (TPSA) is 134 Å². The van der Waals surface area contributed by atoms with Crippen molar-refractivity contribution in [1.82, 2.24) is 10.3 Å². The number of imide groups is 1. The number of aliphatic carboxylic acids is 1. The molecule has 2 unspecified atom stereocenters. The summed E-state index contributed by atoms with van der Waals surface area (Å²) < 4.78 is 0. The van der Waals surface area contributed by atoms with Gasteiger partial charge in [-0.25, -0.2) is 4.98 Å². The van der Waals surface area contributed by atoms with Gasteiger partial charge >= 0.3 is 5.97 Å². The van der Waals surface area contributed by atoms with Gasteiger partial charge in [-0.3, -0.25) is 19.7 Å². The number of hydrogen-bond acceptors (Lipinski definition) is 7. The molecule has 0 radical (unpaired) electrons. The van der Waals surface area contributed by atoms with E-state index >= 15 is 0 Å². The molecule has 9 heteroatoms. The van der Waals surface area contributed by atoms with E-state index in [2.05, 4.69) is 15.6 Å². The fourth-order valence-electron chi connectivity index (χ4n) is 1.60. The van der Waals surface area contributed by atoms with Crippen LogP contribution >= 0.6 is 11.3 Å². The molecular formula is C10H12N4O4S. The highest BCUT2D eigenvalue weighted by Gasteiger charge is 2.27. The van der Waals surface area contributed by atoms with E-state index in [0.717, 1.165) is 11.3 Å². The van der Waals surface area contributed by atoms with Crippen LogP contribution in [0.1, 0.15) is 24.6 Å². The Morgan fingerprint density at radius 3 is 3.00 bits per heavy atom. The van der Waals surface area contributed by atoms with E-state index in [-0.39, 0.29) is 18.0 Å².